The largest absolute Gasteiger partial charge is 0.385 e. The Morgan fingerprint density at radius 1 is 1.32 bits per heavy atom. The molecular weight excluding hydrogens is 431 g/mol. The van der Waals surface area contributed by atoms with Crippen molar-refractivity contribution in [1.29, 1.82) is 0 Å². The SMILES string of the molecule is CCC(C)C(=O)Nc1cccc(CNC(=NC)NCCCOC)c1.I. The number of carbonyl (C=O) groups is 1. The van der Waals surface area contributed by atoms with E-state index in [4.69, 9.17) is 4.74 Å². The van der Waals surface area contributed by atoms with Crippen molar-refractivity contribution in [3.05, 3.63) is 29.8 Å². The molecule has 0 radical (unpaired) electrons. The monoisotopic (exact) mass is 462 g/mol. The molecule has 0 saturated heterocycles. The van der Waals surface area contributed by atoms with Crippen molar-refractivity contribution in [2.45, 2.75) is 33.2 Å². The van der Waals surface area contributed by atoms with E-state index in [1.807, 2.05) is 38.1 Å². The Hall–Kier alpha value is -1.35. The van der Waals surface area contributed by atoms with Gasteiger partial charge in [-0.15, -0.1) is 24.0 Å². The number of nitrogens with zero attached hydrogens (tertiary/aromatic N) is 1. The van der Waals surface area contributed by atoms with Crippen LogP contribution in [0.3, 0.4) is 0 Å². The molecule has 6 nitrogen and oxygen atoms in total. The summed E-state index contributed by atoms with van der Waals surface area (Å²) in [5, 5.41) is 9.45. The molecule has 1 unspecified atom stereocenters. The van der Waals surface area contributed by atoms with Crippen molar-refractivity contribution in [3.8, 4) is 0 Å². The number of amides is 1. The predicted molar refractivity (Wildman–Crippen MR) is 115 cm³/mol. The first kappa shape index (κ1) is 23.6. The third kappa shape index (κ3) is 9.64. The average Bonchev–Trinajstić information content (AvgIpc) is 2.60. The Bertz CT molecular complexity index is 538. The van der Waals surface area contributed by atoms with Crippen LogP contribution in [-0.2, 0) is 16.1 Å². The molecule has 3 N–H and O–H groups in total. The van der Waals surface area contributed by atoms with Crippen LogP contribution in [0.15, 0.2) is 29.3 Å². The highest BCUT2D eigenvalue weighted by Crippen LogP contribution is 2.13. The highest BCUT2D eigenvalue weighted by molar-refractivity contribution is 14.0. The van der Waals surface area contributed by atoms with E-state index in [-0.39, 0.29) is 35.8 Å². The van der Waals surface area contributed by atoms with Crippen LogP contribution in [0.1, 0.15) is 32.3 Å². The lowest BCUT2D eigenvalue weighted by atomic mass is 10.1. The molecule has 0 spiro atoms. The summed E-state index contributed by atoms with van der Waals surface area (Å²) in [5.41, 5.74) is 1.90. The van der Waals surface area contributed by atoms with Gasteiger partial charge in [0.05, 0.1) is 0 Å². The van der Waals surface area contributed by atoms with Crippen molar-refractivity contribution < 1.29 is 9.53 Å². The number of anilines is 1. The van der Waals surface area contributed by atoms with Crippen LogP contribution in [0.5, 0.6) is 0 Å². The van der Waals surface area contributed by atoms with Crippen LogP contribution in [0.4, 0.5) is 5.69 Å². The van der Waals surface area contributed by atoms with Gasteiger partial charge in [-0.05, 0) is 30.5 Å². The van der Waals surface area contributed by atoms with Gasteiger partial charge in [0, 0.05) is 45.5 Å². The number of methoxy groups -OCH3 is 1. The van der Waals surface area contributed by atoms with Gasteiger partial charge in [0.1, 0.15) is 0 Å². The third-order valence-corrected chi connectivity index (χ3v) is 3.76. The number of hydrogen-bond donors (Lipinski definition) is 3. The first-order valence-electron chi connectivity index (χ1n) is 8.44. The Morgan fingerprint density at radius 3 is 2.72 bits per heavy atom. The second-order valence-electron chi connectivity index (χ2n) is 5.70. The van der Waals surface area contributed by atoms with Crippen LogP contribution < -0.4 is 16.0 Å². The Balaban J connectivity index is 0.00000576. The first-order valence-corrected chi connectivity index (χ1v) is 8.44. The van der Waals surface area contributed by atoms with E-state index in [0.29, 0.717) is 6.54 Å². The smallest absolute Gasteiger partial charge is 0.227 e. The molecular formula is C18H31IN4O2. The fraction of sp³-hybridized carbons (Fsp3) is 0.556. The molecule has 0 aliphatic carbocycles. The maximum Gasteiger partial charge on any atom is 0.227 e. The maximum absolute atomic E-state index is 12.0. The van der Waals surface area contributed by atoms with Gasteiger partial charge in [-0.2, -0.15) is 0 Å². The van der Waals surface area contributed by atoms with Gasteiger partial charge in [-0.1, -0.05) is 26.0 Å². The van der Waals surface area contributed by atoms with Gasteiger partial charge in [0.15, 0.2) is 5.96 Å². The number of nitrogens with one attached hydrogen (secondary N) is 3. The average molecular weight is 462 g/mol. The number of benzene rings is 1. The third-order valence-electron chi connectivity index (χ3n) is 3.76. The Morgan fingerprint density at radius 2 is 2.08 bits per heavy atom. The number of aliphatic imine (C=N–C) groups is 1. The zero-order valence-electron chi connectivity index (χ0n) is 15.6. The van der Waals surface area contributed by atoms with Gasteiger partial charge in [0.2, 0.25) is 5.91 Å². The molecule has 0 aromatic heterocycles. The van der Waals surface area contributed by atoms with E-state index in [0.717, 1.165) is 43.2 Å². The summed E-state index contributed by atoms with van der Waals surface area (Å²) in [6.45, 7) is 6.10. The number of ether oxygens (including phenoxy) is 1. The lowest BCUT2D eigenvalue weighted by Crippen LogP contribution is -2.37. The summed E-state index contributed by atoms with van der Waals surface area (Å²) in [4.78, 5) is 16.2. The van der Waals surface area contributed by atoms with Crippen LogP contribution in [0.25, 0.3) is 0 Å². The topological polar surface area (TPSA) is 74.8 Å². The molecule has 0 saturated carbocycles. The molecule has 1 amide bonds. The zero-order chi connectivity index (χ0) is 17.8. The molecule has 0 fully saturated rings. The summed E-state index contributed by atoms with van der Waals surface area (Å²) in [7, 11) is 3.44. The number of rotatable bonds is 9. The van der Waals surface area contributed by atoms with Crippen molar-refractivity contribution in [2.24, 2.45) is 10.9 Å². The van der Waals surface area contributed by atoms with E-state index in [1.54, 1.807) is 14.2 Å². The molecule has 142 valence electrons. The summed E-state index contributed by atoms with van der Waals surface area (Å²) in [6.07, 6.45) is 1.76. The number of carbonyl (C=O) groups excluding carboxylic acids is 1. The number of halogens is 1. The minimum absolute atomic E-state index is 0. The van der Waals surface area contributed by atoms with Crippen molar-refractivity contribution >= 4 is 41.5 Å². The Labute approximate surface area is 168 Å². The van der Waals surface area contributed by atoms with E-state index in [9.17, 15) is 4.79 Å². The van der Waals surface area contributed by atoms with Crippen molar-refractivity contribution in [3.63, 3.8) is 0 Å². The summed E-state index contributed by atoms with van der Waals surface area (Å²) in [6, 6.07) is 7.84. The number of guanidine groups is 1. The molecule has 1 atom stereocenters. The first-order chi connectivity index (χ1) is 11.6. The lowest BCUT2D eigenvalue weighted by molar-refractivity contribution is -0.119. The van der Waals surface area contributed by atoms with Crippen molar-refractivity contribution in [1.82, 2.24) is 10.6 Å². The van der Waals surface area contributed by atoms with Gasteiger partial charge < -0.3 is 20.7 Å². The maximum atomic E-state index is 12.0. The fourth-order valence-corrected chi connectivity index (χ4v) is 2.04. The van der Waals surface area contributed by atoms with Crippen LogP contribution in [0.2, 0.25) is 0 Å². The highest BCUT2D eigenvalue weighted by Gasteiger charge is 2.10. The Kier molecular flexibility index (Phi) is 13.1. The summed E-state index contributed by atoms with van der Waals surface area (Å²) in [5.74, 6) is 0.820. The second-order valence-corrected chi connectivity index (χ2v) is 5.70. The van der Waals surface area contributed by atoms with Crippen molar-refractivity contribution in [2.75, 3.05) is 32.6 Å². The van der Waals surface area contributed by atoms with Gasteiger partial charge >= 0.3 is 0 Å². The molecule has 0 bridgehead atoms. The van der Waals surface area contributed by atoms with Gasteiger partial charge in [-0.25, -0.2) is 0 Å². The van der Waals surface area contributed by atoms with Crippen LogP contribution >= 0.6 is 24.0 Å². The molecule has 0 heterocycles. The number of hydrogen-bond acceptors (Lipinski definition) is 3. The molecule has 1 aromatic carbocycles. The van der Waals surface area contributed by atoms with E-state index >= 15 is 0 Å². The van der Waals surface area contributed by atoms with Crippen LogP contribution in [-0.4, -0.2) is 39.2 Å². The molecule has 25 heavy (non-hydrogen) atoms. The quantitative estimate of drug-likeness (QED) is 0.228. The predicted octanol–water partition coefficient (Wildman–Crippen LogP) is 2.99. The normalized spacial score (nSPS) is 12.1. The molecule has 0 aliphatic rings. The highest BCUT2D eigenvalue weighted by atomic mass is 127. The minimum atomic E-state index is 0. The lowest BCUT2D eigenvalue weighted by Gasteiger charge is -2.13. The second kappa shape index (κ2) is 13.9. The zero-order valence-corrected chi connectivity index (χ0v) is 17.9. The van der Waals surface area contributed by atoms with Gasteiger partial charge in [-0.3, -0.25) is 9.79 Å². The standard InChI is InChI=1S/C18H30N4O2.HI/c1-5-14(2)17(23)22-16-9-6-8-15(12-16)13-21-18(19-3)20-10-7-11-24-4;/h6,8-9,12,14H,5,7,10-11,13H2,1-4H3,(H,22,23)(H2,19,20,21);1H. The summed E-state index contributed by atoms with van der Waals surface area (Å²) >= 11 is 0. The molecule has 0 aliphatic heterocycles. The van der Waals surface area contributed by atoms with E-state index in [2.05, 4.69) is 20.9 Å². The fourth-order valence-electron chi connectivity index (χ4n) is 2.04. The molecule has 7 heteroatoms. The van der Waals surface area contributed by atoms with E-state index in [1.165, 1.54) is 0 Å². The van der Waals surface area contributed by atoms with Gasteiger partial charge in [0.25, 0.3) is 0 Å². The van der Waals surface area contributed by atoms with Crippen LogP contribution in [0, 0.1) is 5.92 Å². The molecule has 1 rings (SSSR count). The molecule has 1 aromatic rings. The van der Waals surface area contributed by atoms with E-state index < -0.39 is 0 Å². The summed E-state index contributed by atoms with van der Waals surface area (Å²) < 4.78 is 5.02. The minimum Gasteiger partial charge on any atom is -0.385 e.